The number of carbonyl (C=O) groups is 1. The Balaban J connectivity index is 3.33. The maximum Gasteiger partial charge on any atom is 0.346 e. The molecule has 0 fully saturated rings. The minimum absolute atomic E-state index is 0.115. The van der Waals surface area contributed by atoms with Gasteiger partial charge in [-0.05, 0) is 6.92 Å². The van der Waals surface area contributed by atoms with Gasteiger partial charge in [-0.3, -0.25) is 10.1 Å². The first-order valence-corrected chi connectivity index (χ1v) is 5.45. The Morgan fingerprint density at radius 3 is 2.35 bits per heavy atom. The Bertz CT molecular complexity index is 578. The summed E-state index contributed by atoms with van der Waals surface area (Å²) in [7, 11) is 2.65. The van der Waals surface area contributed by atoms with Gasteiger partial charge >= 0.3 is 5.97 Å². The smallest absolute Gasteiger partial charge is 0.346 e. The lowest BCUT2D eigenvalue weighted by Gasteiger charge is -2.11. The Hall–Kier alpha value is -2.82. The van der Waals surface area contributed by atoms with E-state index in [1.807, 2.05) is 0 Å². The summed E-state index contributed by atoms with van der Waals surface area (Å²) in [5.74, 6) is -0.717. The van der Waals surface area contributed by atoms with Crippen molar-refractivity contribution in [3.63, 3.8) is 0 Å². The number of hydrogen-bond acceptors (Lipinski definition) is 7. The van der Waals surface area contributed by atoms with E-state index in [1.165, 1.54) is 21.1 Å². The maximum atomic E-state index is 11.8. The Morgan fingerprint density at radius 2 is 1.90 bits per heavy atom. The molecule has 0 N–H and O–H groups in total. The minimum atomic E-state index is -1.02. The maximum absolute atomic E-state index is 11.8. The van der Waals surface area contributed by atoms with Crippen LogP contribution in [0.1, 0.15) is 17.3 Å². The highest BCUT2D eigenvalue weighted by Crippen LogP contribution is 2.34. The fourth-order valence-corrected chi connectivity index (χ4v) is 1.43. The number of ether oxygens (including phenoxy) is 3. The summed E-state index contributed by atoms with van der Waals surface area (Å²) in [5, 5.41) is 19.6. The largest absolute Gasteiger partial charge is 0.493 e. The average Bonchev–Trinajstić information content (AvgIpc) is 2.45. The number of nitrogens with zero attached hydrogens (tertiary/aromatic N) is 2. The predicted molar refractivity (Wildman–Crippen MR) is 66.7 cm³/mol. The van der Waals surface area contributed by atoms with E-state index < -0.39 is 22.7 Å². The molecule has 8 nitrogen and oxygen atoms in total. The number of carbonyl (C=O) groups excluding carboxylic acids is 1. The number of nitro benzene ring substituents is 1. The third kappa shape index (κ3) is 3.14. The second kappa shape index (κ2) is 6.38. The summed E-state index contributed by atoms with van der Waals surface area (Å²) in [6.07, 6.45) is -1.02. The first kappa shape index (κ1) is 15.2. The molecule has 1 atom stereocenters. The fraction of sp³-hybridized carbons (Fsp3) is 0.333. The van der Waals surface area contributed by atoms with Crippen LogP contribution < -0.4 is 9.47 Å². The van der Waals surface area contributed by atoms with Crippen LogP contribution in [0.4, 0.5) is 5.69 Å². The second-order valence-corrected chi connectivity index (χ2v) is 3.66. The van der Waals surface area contributed by atoms with Gasteiger partial charge in [0.1, 0.15) is 11.6 Å². The van der Waals surface area contributed by atoms with Crippen LogP contribution in [-0.4, -0.2) is 31.2 Å². The van der Waals surface area contributed by atoms with Gasteiger partial charge in [0.15, 0.2) is 17.6 Å². The van der Waals surface area contributed by atoms with Crippen LogP contribution in [0.15, 0.2) is 12.1 Å². The van der Waals surface area contributed by atoms with Crippen molar-refractivity contribution in [1.29, 1.82) is 5.26 Å². The van der Waals surface area contributed by atoms with Crippen molar-refractivity contribution in [1.82, 2.24) is 0 Å². The number of methoxy groups -OCH3 is 2. The van der Waals surface area contributed by atoms with E-state index in [9.17, 15) is 14.9 Å². The van der Waals surface area contributed by atoms with Crippen molar-refractivity contribution >= 4 is 11.7 Å². The van der Waals surface area contributed by atoms with Crippen LogP contribution in [0, 0.1) is 21.4 Å². The van der Waals surface area contributed by atoms with E-state index in [4.69, 9.17) is 19.5 Å². The van der Waals surface area contributed by atoms with Crippen LogP contribution >= 0.6 is 0 Å². The zero-order chi connectivity index (χ0) is 15.3. The summed E-state index contributed by atoms with van der Waals surface area (Å²) < 4.78 is 14.7. The molecule has 0 heterocycles. The molecule has 8 heteroatoms. The zero-order valence-electron chi connectivity index (χ0n) is 11.1. The lowest BCUT2D eigenvalue weighted by atomic mass is 10.1. The number of nitro groups is 1. The predicted octanol–water partition coefficient (Wildman–Crippen LogP) is 1.68. The highest BCUT2D eigenvalue weighted by Gasteiger charge is 2.26. The van der Waals surface area contributed by atoms with Crippen molar-refractivity contribution in [2.24, 2.45) is 0 Å². The summed E-state index contributed by atoms with van der Waals surface area (Å²) in [6.45, 7) is 1.35. The molecule has 0 saturated heterocycles. The number of esters is 1. The van der Waals surface area contributed by atoms with Gasteiger partial charge in [-0.2, -0.15) is 5.26 Å². The van der Waals surface area contributed by atoms with E-state index >= 15 is 0 Å². The van der Waals surface area contributed by atoms with Crippen molar-refractivity contribution in [2.75, 3.05) is 14.2 Å². The topological polar surface area (TPSA) is 112 Å². The van der Waals surface area contributed by atoms with Crippen LogP contribution in [0.25, 0.3) is 0 Å². The first-order chi connectivity index (χ1) is 9.44. The number of nitriles is 1. The minimum Gasteiger partial charge on any atom is -0.493 e. The van der Waals surface area contributed by atoms with Crippen LogP contribution in [0.5, 0.6) is 11.5 Å². The molecular formula is C12H12N2O6. The molecule has 1 aromatic rings. The van der Waals surface area contributed by atoms with Crippen LogP contribution in [0.2, 0.25) is 0 Å². The molecule has 106 valence electrons. The van der Waals surface area contributed by atoms with Gasteiger partial charge in [0.2, 0.25) is 0 Å². The lowest BCUT2D eigenvalue weighted by Crippen LogP contribution is -2.15. The molecule has 0 unspecified atom stereocenters. The molecule has 0 spiro atoms. The van der Waals surface area contributed by atoms with Gasteiger partial charge in [-0.15, -0.1) is 0 Å². The summed E-state index contributed by atoms with van der Waals surface area (Å²) in [6, 6.07) is 3.90. The Morgan fingerprint density at radius 1 is 1.35 bits per heavy atom. The number of benzene rings is 1. The van der Waals surface area contributed by atoms with Crippen LogP contribution in [-0.2, 0) is 4.74 Å². The van der Waals surface area contributed by atoms with Gasteiger partial charge in [0.05, 0.1) is 25.2 Å². The van der Waals surface area contributed by atoms with Crippen LogP contribution in [0.3, 0.4) is 0 Å². The standard InChI is InChI=1S/C12H12N2O6/c1-7(6-13)20-12(15)8-4-10(18-2)11(19-3)5-9(8)14(16)17/h4-5,7H,1-3H3/t7-/m1/s1. The number of rotatable bonds is 5. The van der Waals surface area contributed by atoms with Gasteiger partial charge in [-0.1, -0.05) is 0 Å². The quantitative estimate of drug-likeness (QED) is 0.458. The second-order valence-electron chi connectivity index (χ2n) is 3.66. The summed E-state index contributed by atoms with van der Waals surface area (Å²) >= 11 is 0. The highest BCUT2D eigenvalue weighted by atomic mass is 16.6. The lowest BCUT2D eigenvalue weighted by molar-refractivity contribution is -0.385. The molecule has 0 bridgehead atoms. The fourth-order valence-electron chi connectivity index (χ4n) is 1.43. The van der Waals surface area contributed by atoms with E-state index in [0.717, 1.165) is 12.1 Å². The van der Waals surface area contributed by atoms with Gasteiger partial charge in [0, 0.05) is 6.07 Å². The number of hydrogen-bond donors (Lipinski definition) is 0. The van der Waals surface area contributed by atoms with E-state index in [0.29, 0.717) is 0 Å². The van der Waals surface area contributed by atoms with E-state index in [2.05, 4.69) is 0 Å². The molecule has 0 amide bonds. The SMILES string of the molecule is COc1cc(C(=O)O[C@H](C)C#N)c([N+](=O)[O-])cc1OC. The zero-order valence-corrected chi connectivity index (χ0v) is 11.1. The molecule has 0 radical (unpaired) electrons. The average molecular weight is 280 g/mol. The normalized spacial score (nSPS) is 11.1. The van der Waals surface area contributed by atoms with E-state index in [-0.39, 0.29) is 17.1 Å². The molecule has 20 heavy (non-hydrogen) atoms. The van der Waals surface area contributed by atoms with Crippen molar-refractivity contribution < 1.29 is 23.9 Å². The molecule has 0 saturated carbocycles. The highest BCUT2D eigenvalue weighted by molar-refractivity contribution is 5.95. The Kier molecular flexibility index (Phi) is 4.86. The molecule has 0 aliphatic rings. The molecular weight excluding hydrogens is 268 g/mol. The molecule has 0 aliphatic carbocycles. The molecule has 1 aromatic carbocycles. The monoisotopic (exact) mass is 280 g/mol. The first-order valence-electron chi connectivity index (χ1n) is 5.45. The third-order valence-corrected chi connectivity index (χ3v) is 2.38. The van der Waals surface area contributed by atoms with E-state index in [1.54, 1.807) is 6.07 Å². The molecule has 0 aliphatic heterocycles. The van der Waals surface area contributed by atoms with Gasteiger partial charge in [-0.25, -0.2) is 4.79 Å². The summed E-state index contributed by atoms with van der Waals surface area (Å²) in [4.78, 5) is 22.1. The van der Waals surface area contributed by atoms with Crippen molar-refractivity contribution in [2.45, 2.75) is 13.0 Å². The van der Waals surface area contributed by atoms with Crippen molar-refractivity contribution in [3.8, 4) is 17.6 Å². The molecule has 1 rings (SSSR count). The Labute approximate surface area is 114 Å². The third-order valence-electron chi connectivity index (χ3n) is 2.38. The van der Waals surface area contributed by atoms with Gasteiger partial charge < -0.3 is 14.2 Å². The summed E-state index contributed by atoms with van der Waals surface area (Å²) in [5.41, 5.74) is -0.799. The van der Waals surface area contributed by atoms with Gasteiger partial charge in [0.25, 0.3) is 5.69 Å². The molecule has 0 aromatic heterocycles. The van der Waals surface area contributed by atoms with Crippen molar-refractivity contribution in [3.05, 3.63) is 27.8 Å².